The molecular weight excluding hydrogens is 346 g/mol. The number of carbonyl (C=O) groups is 1. The number of rotatable bonds is 5. The van der Waals surface area contributed by atoms with Crippen LogP contribution in [0.2, 0.25) is 0 Å². The standard InChI is InChI=1S/C20H23N3O4/c24-20(15-5-7-21-19(13-15)27-18-6-10-26-14-18)22-16-1-3-17(4-2-16)23-8-11-25-12-9-23/h1-5,7,13,18H,6,8-12,14H2,(H,22,24). The molecule has 1 aromatic carbocycles. The summed E-state index contributed by atoms with van der Waals surface area (Å²) in [5, 5.41) is 2.92. The molecule has 7 heteroatoms. The van der Waals surface area contributed by atoms with Gasteiger partial charge in [-0.2, -0.15) is 0 Å². The molecule has 1 unspecified atom stereocenters. The topological polar surface area (TPSA) is 72.9 Å². The van der Waals surface area contributed by atoms with Gasteiger partial charge in [0.25, 0.3) is 5.91 Å². The van der Waals surface area contributed by atoms with Crippen LogP contribution in [0.4, 0.5) is 11.4 Å². The molecule has 7 nitrogen and oxygen atoms in total. The van der Waals surface area contributed by atoms with Gasteiger partial charge in [0.15, 0.2) is 0 Å². The Bertz CT molecular complexity index is 769. The number of aromatic nitrogens is 1. The van der Waals surface area contributed by atoms with Crippen molar-refractivity contribution in [3.05, 3.63) is 48.2 Å². The average molecular weight is 369 g/mol. The van der Waals surface area contributed by atoms with Gasteiger partial charge < -0.3 is 24.4 Å². The largest absolute Gasteiger partial charge is 0.472 e. The van der Waals surface area contributed by atoms with E-state index in [-0.39, 0.29) is 12.0 Å². The lowest BCUT2D eigenvalue weighted by Gasteiger charge is -2.28. The molecule has 2 aliphatic heterocycles. The molecule has 2 saturated heterocycles. The highest BCUT2D eigenvalue weighted by Gasteiger charge is 2.18. The van der Waals surface area contributed by atoms with Gasteiger partial charge in [0.05, 0.1) is 26.4 Å². The van der Waals surface area contributed by atoms with E-state index in [4.69, 9.17) is 14.2 Å². The lowest BCUT2D eigenvalue weighted by molar-refractivity contribution is 0.102. The molecule has 0 spiro atoms. The highest BCUT2D eigenvalue weighted by molar-refractivity contribution is 6.04. The Balaban J connectivity index is 1.38. The average Bonchev–Trinajstić information content (AvgIpc) is 3.22. The predicted molar refractivity (Wildman–Crippen MR) is 102 cm³/mol. The van der Waals surface area contributed by atoms with Gasteiger partial charge in [-0.15, -0.1) is 0 Å². The number of nitrogens with one attached hydrogen (secondary N) is 1. The monoisotopic (exact) mass is 369 g/mol. The van der Waals surface area contributed by atoms with Gasteiger partial charge in [0.2, 0.25) is 5.88 Å². The van der Waals surface area contributed by atoms with E-state index in [9.17, 15) is 4.79 Å². The van der Waals surface area contributed by atoms with Crippen LogP contribution in [-0.2, 0) is 9.47 Å². The minimum atomic E-state index is -0.191. The summed E-state index contributed by atoms with van der Waals surface area (Å²) in [5.74, 6) is 0.254. The number of morpholine rings is 1. The summed E-state index contributed by atoms with van der Waals surface area (Å²) in [5.41, 5.74) is 2.39. The van der Waals surface area contributed by atoms with E-state index in [1.165, 1.54) is 0 Å². The Morgan fingerprint density at radius 3 is 2.67 bits per heavy atom. The Morgan fingerprint density at radius 2 is 1.93 bits per heavy atom. The number of benzene rings is 1. The summed E-state index contributed by atoms with van der Waals surface area (Å²) in [7, 11) is 0. The first-order valence-electron chi connectivity index (χ1n) is 9.22. The molecule has 0 saturated carbocycles. The molecule has 4 rings (SSSR count). The third-order valence-electron chi connectivity index (χ3n) is 4.67. The van der Waals surface area contributed by atoms with E-state index in [1.807, 2.05) is 24.3 Å². The van der Waals surface area contributed by atoms with E-state index < -0.39 is 0 Å². The first-order valence-corrected chi connectivity index (χ1v) is 9.22. The molecule has 2 fully saturated rings. The number of nitrogens with zero attached hydrogens (tertiary/aromatic N) is 2. The lowest BCUT2D eigenvalue weighted by atomic mass is 10.2. The molecule has 142 valence electrons. The van der Waals surface area contributed by atoms with Crippen LogP contribution < -0.4 is 15.0 Å². The minimum absolute atomic E-state index is 0.00328. The molecule has 1 amide bonds. The molecule has 2 aromatic rings. The van der Waals surface area contributed by atoms with Crippen LogP contribution in [0.1, 0.15) is 16.8 Å². The van der Waals surface area contributed by atoms with E-state index in [1.54, 1.807) is 18.3 Å². The Labute approximate surface area is 158 Å². The molecule has 0 radical (unpaired) electrons. The van der Waals surface area contributed by atoms with Gasteiger partial charge in [-0.1, -0.05) is 0 Å². The summed E-state index contributed by atoms with van der Waals surface area (Å²) in [6, 6.07) is 11.2. The molecule has 27 heavy (non-hydrogen) atoms. The fraction of sp³-hybridized carbons (Fsp3) is 0.400. The molecule has 1 atom stereocenters. The van der Waals surface area contributed by atoms with Crippen molar-refractivity contribution in [3.63, 3.8) is 0 Å². The number of carbonyl (C=O) groups excluding carboxylic acids is 1. The van der Waals surface area contributed by atoms with E-state index in [2.05, 4.69) is 15.2 Å². The highest BCUT2D eigenvalue weighted by atomic mass is 16.5. The van der Waals surface area contributed by atoms with Crippen molar-refractivity contribution in [1.82, 2.24) is 4.98 Å². The van der Waals surface area contributed by atoms with Gasteiger partial charge in [-0.25, -0.2) is 4.98 Å². The van der Waals surface area contributed by atoms with Crippen LogP contribution in [-0.4, -0.2) is 56.5 Å². The number of ether oxygens (including phenoxy) is 3. The Hall–Kier alpha value is -2.64. The van der Waals surface area contributed by atoms with Crippen molar-refractivity contribution < 1.29 is 19.0 Å². The second-order valence-corrected chi connectivity index (χ2v) is 6.59. The van der Waals surface area contributed by atoms with Crippen molar-refractivity contribution in [2.75, 3.05) is 49.7 Å². The van der Waals surface area contributed by atoms with Crippen LogP contribution in [0.15, 0.2) is 42.6 Å². The highest BCUT2D eigenvalue weighted by Crippen LogP contribution is 2.20. The van der Waals surface area contributed by atoms with Gasteiger partial charge in [-0.05, 0) is 30.3 Å². The number of anilines is 2. The van der Waals surface area contributed by atoms with Crippen LogP contribution in [0.5, 0.6) is 5.88 Å². The number of amides is 1. The molecule has 0 bridgehead atoms. The second kappa shape index (κ2) is 8.37. The number of hydrogen-bond acceptors (Lipinski definition) is 6. The zero-order valence-corrected chi connectivity index (χ0v) is 15.1. The molecular formula is C20H23N3O4. The Kier molecular flexibility index (Phi) is 5.50. The molecule has 3 heterocycles. The lowest BCUT2D eigenvalue weighted by Crippen LogP contribution is -2.36. The van der Waals surface area contributed by atoms with Gasteiger partial charge in [0, 0.05) is 48.7 Å². The van der Waals surface area contributed by atoms with Gasteiger partial charge in [0.1, 0.15) is 6.10 Å². The summed E-state index contributed by atoms with van der Waals surface area (Å²) in [6.07, 6.45) is 2.43. The summed E-state index contributed by atoms with van der Waals surface area (Å²) >= 11 is 0. The summed E-state index contributed by atoms with van der Waals surface area (Å²) in [6.45, 7) is 4.53. The quantitative estimate of drug-likeness (QED) is 0.872. The Morgan fingerprint density at radius 1 is 1.11 bits per heavy atom. The molecule has 2 aliphatic rings. The third kappa shape index (κ3) is 4.56. The zero-order chi connectivity index (χ0) is 18.5. The number of pyridine rings is 1. The maximum Gasteiger partial charge on any atom is 0.255 e. The second-order valence-electron chi connectivity index (χ2n) is 6.59. The fourth-order valence-corrected chi connectivity index (χ4v) is 3.17. The van der Waals surface area contributed by atoms with Crippen molar-refractivity contribution in [2.24, 2.45) is 0 Å². The van der Waals surface area contributed by atoms with Gasteiger partial charge in [-0.3, -0.25) is 4.79 Å². The summed E-state index contributed by atoms with van der Waals surface area (Å²) in [4.78, 5) is 19.0. The zero-order valence-electron chi connectivity index (χ0n) is 15.1. The van der Waals surface area contributed by atoms with E-state index in [0.29, 0.717) is 24.7 Å². The van der Waals surface area contributed by atoms with Crippen LogP contribution >= 0.6 is 0 Å². The van der Waals surface area contributed by atoms with Crippen LogP contribution in [0.3, 0.4) is 0 Å². The maximum absolute atomic E-state index is 12.5. The first-order chi connectivity index (χ1) is 13.3. The van der Waals surface area contributed by atoms with Crippen molar-refractivity contribution in [1.29, 1.82) is 0 Å². The van der Waals surface area contributed by atoms with Crippen LogP contribution in [0, 0.1) is 0 Å². The normalized spacial score (nSPS) is 19.7. The summed E-state index contributed by atoms with van der Waals surface area (Å²) < 4.78 is 16.4. The van der Waals surface area contributed by atoms with Crippen LogP contribution in [0.25, 0.3) is 0 Å². The van der Waals surface area contributed by atoms with E-state index in [0.717, 1.165) is 44.1 Å². The maximum atomic E-state index is 12.5. The first kappa shape index (κ1) is 17.8. The molecule has 0 aliphatic carbocycles. The smallest absolute Gasteiger partial charge is 0.255 e. The third-order valence-corrected chi connectivity index (χ3v) is 4.67. The van der Waals surface area contributed by atoms with Crippen molar-refractivity contribution in [2.45, 2.75) is 12.5 Å². The van der Waals surface area contributed by atoms with Crippen molar-refractivity contribution >= 4 is 17.3 Å². The predicted octanol–water partition coefficient (Wildman–Crippen LogP) is 2.34. The SMILES string of the molecule is O=C(Nc1ccc(N2CCOCC2)cc1)c1ccnc(OC2CCOC2)c1. The number of hydrogen-bond donors (Lipinski definition) is 1. The van der Waals surface area contributed by atoms with E-state index >= 15 is 0 Å². The minimum Gasteiger partial charge on any atom is -0.472 e. The van der Waals surface area contributed by atoms with Crippen molar-refractivity contribution in [3.8, 4) is 5.88 Å². The van der Waals surface area contributed by atoms with Gasteiger partial charge >= 0.3 is 0 Å². The molecule has 1 aromatic heterocycles. The molecule has 1 N–H and O–H groups in total. The fourth-order valence-electron chi connectivity index (χ4n) is 3.17.